The molecule has 0 aliphatic carbocycles. The number of carbonyl (C=O) groups is 1. The number of aromatic nitrogens is 1. The molecule has 0 saturated heterocycles. The molecule has 0 N–H and O–H groups in total. The van der Waals surface area contributed by atoms with Crippen molar-refractivity contribution in [3.8, 4) is 0 Å². The van der Waals surface area contributed by atoms with E-state index in [4.69, 9.17) is 0 Å². The molecule has 0 amide bonds. The van der Waals surface area contributed by atoms with Gasteiger partial charge < -0.3 is 0 Å². The van der Waals surface area contributed by atoms with Gasteiger partial charge in [-0.3, -0.25) is 9.78 Å². The minimum absolute atomic E-state index is 0.0775. The van der Waals surface area contributed by atoms with Gasteiger partial charge in [0.05, 0.1) is 0 Å². The number of ketones is 1. The number of halogens is 1. The number of rotatable bonds is 1. The zero-order valence-electron chi connectivity index (χ0n) is 7.62. The van der Waals surface area contributed by atoms with Crippen molar-refractivity contribution in [2.45, 2.75) is 6.92 Å². The zero-order chi connectivity index (χ0) is 10.1. The Hall–Kier alpha value is -1.22. The normalized spacial score (nSPS) is 10.4. The van der Waals surface area contributed by atoms with Crippen molar-refractivity contribution < 1.29 is 4.79 Å². The van der Waals surface area contributed by atoms with Crippen LogP contribution in [0.4, 0.5) is 0 Å². The molecule has 0 aliphatic rings. The molecule has 14 heavy (non-hydrogen) atoms. The quantitative estimate of drug-likeness (QED) is 0.727. The lowest BCUT2D eigenvalue weighted by atomic mass is 10.0. The molecule has 70 valence electrons. The summed E-state index contributed by atoms with van der Waals surface area (Å²) in [4.78, 5) is 15.4. The fraction of sp³-hybridized carbons (Fsp3) is 0.0909. The van der Waals surface area contributed by atoms with Gasteiger partial charge in [-0.25, -0.2) is 0 Å². The molecule has 0 fully saturated rings. The van der Waals surface area contributed by atoms with Crippen molar-refractivity contribution in [2.75, 3.05) is 0 Å². The second kappa shape index (κ2) is 3.50. The summed E-state index contributed by atoms with van der Waals surface area (Å²) in [6.45, 7) is 1.57. The van der Waals surface area contributed by atoms with Crippen LogP contribution in [-0.2, 0) is 0 Å². The molecule has 1 aromatic carbocycles. The molecule has 0 atom stereocenters. The van der Waals surface area contributed by atoms with Crippen LogP contribution in [0.1, 0.15) is 17.3 Å². The average Bonchev–Trinajstić information content (AvgIpc) is 2.18. The standard InChI is InChI=1S/C11H8BrNO/c1-7(14)8-2-3-11(12)10-6-13-5-4-9(8)10/h2-6H,1H3. The number of hydrogen-bond donors (Lipinski definition) is 0. The first-order valence-corrected chi connectivity index (χ1v) is 5.02. The topological polar surface area (TPSA) is 30.0 Å². The van der Waals surface area contributed by atoms with Gasteiger partial charge in [-0.05, 0) is 30.5 Å². The largest absolute Gasteiger partial charge is 0.294 e. The highest BCUT2D eigenvalue weighted by Crippen LogP contribution is 2.26. The molecule has 0 unspecified atom stereocenters. The summed E-state index contributed by atoms with van der Waals surface area (Å²) in [5, 5.41) is 1.92. The van der Waals surface area contributed by atoms with Gasteiger partial charge in [0.15, 0.2) is 5.78 Å². The van der Waals surface area contributed by atoms with E-state index in [1.807, 2.05) is 18.2 Å². The maximum absolute atomic E-state index is 11.3. The van der Waals surface area contributed by atoms with Gasteiger partial charge in [0, 0.05) is 27.8 Å². The average molecular weight is 250 g/mol. The molecular formula is C11H8BrNO. The van der Waals surface area contributed by atoms with Crippen LogP contribution in [-0.4, -0.2) is 10.8 Å². The van der Waals surface area contributed by atoms with Crippen LogP contribution in [0.3, 0.4) is 0 Å². The number of pyridine rings is 1. The van der Waals surface area contributed by atoms with Crippen molar-refractivity contribution in [1.82, 2.24) is 4.98 Å². The van der Waals surface area contributed by atoms with E-state index in [2.05, 4.69) is 20.9 Å². The third kappa shape index (κ3) is 1.44. The van der Waals surface area contributed by atoms with Crippen LogP contribution in [0.5, 0.6) is 0 Å². The summed E-state index contributed by atoms with van der Waals surface area (Å²) in [5.41, 5.74) is 0.741. The van der Waals surface area contributed by atoms with Crippen LogP contribution < -0.4 is 0 Å². The maximum Gasteiger partial charge on any atom is 0.160 e. The molecule has 2 rings (SSSR count). The van der Waals surface area contributed by atoms with Gasteiger partial charge in [0.1, 0.15) is 0 Å². The third-order valence-corrected chi connectivity index (χ3v) is 2.84. The van der Waals surface area contributed by atoms with Crippen molar-refractivity contribution in [2.24, 2.45) is 0 Å². The molecule has 2 nitrogen and oxygen atoms in total. The highest BCUT2D eigenvalue weighted by Gasteiger charge is 2.07. The summed E-state index contributed by atoms with van der Waals surface area (Å²) in [7, 11) is 0. The molecule has 0 spiro atoms. The van der Waals surface area contributed by atoms with Gasteiger partial charge in [0.25, 0.3) is 0 Å². The predicted octanol–water partition coefficient (Wildman–Crippen LogP) is 3.20. The molecule has 0 radical (unpaired) electrons. The molecule has 1 heterocycles. The number of hydrogen-bond acceptors (Lipinski definition) is 2. The molecule has 0 aliphatic heterocycles. The SMILES string of the molecule is CC(=O)c1ccc(Br)c2cnccc12. The van der Waals surface area contributed by atoms with E-state index in [-0.39, 0.29) is 5.78 Å². The monoisotopic (exact) mass is 249 g/mol. The second-order valence-corrected chi connectivity index (χ2v) is 3.93. The first kappa shape index (κ1) is 9.34. The van der Waals surface area contributed by atoms with Gasteiger partial charge in [-0.1, -0.05) is 15.9 Å². The van der Waals surface area contributed by atoms with Crippen LogP contribution in [0.25, 0.3) is 10.8 Å². The summed E-state index contributed by atoms with van der Waals surface area (Å²) >= 11 is 3.43. The smallest absolute Gasteiger partial charge is 0.160 e. The van der Waals surface area contributed by atoms with E-state index < -0.39 is 0 Å². The molecule has 1 aromatic heterocycles. The lowest BCUT2D eigenvalue weighted by molar-refractivity contribution is 0.101. The Balaban J connectivity index is 2.88. The fourth-order valence-corrected chi connectivity index (χ4v) is 1.91. The Morgan fingerprint density at radius 1 is 1.29 bits per heavy atom. The Labute approximate surface area is 90.1 Å². The molecule has 0 bridgehead atoms. The van der Waals surface area contributed by atoms with E-state index in [9.17, 15) is 4.79 Å². The summed E-state index contributed by atoms with van der Waals surface area (Å²) in [6.07, 6.45) is 3.45. The van der Waals surface area contributed by atoms with E-state index >= 15 is 0 Å². The van der Waals surface area contributed by atoms with Crippen molar-refractivity contribution in [3.05, 3.63) is 40.6 Å². The van der Waals surface area contributed by atoms with Crippen LogP contribution in [0, 0.1) is 0 Å². The van der Waals surface area contributed by atoms with Gasteiger partial charge in [0.2, 0.25) is 0 Å². The lowest BCUT2D eigenvalue weighted by Gasteiger charge is -2.04. The predicted molar refractivity (Wildman–Crippen MR) is 59.4 cm³/mol. The van der Waals surface area contributed by atoms with E-state index in [0.29, 0.717) is 0 Å². The first-order valence-electron chi connectivity index (χ1n) is 4.23. The highest BCUT2D eigenvalue weighted by atomic mass is 79.9. The Kier molecular flexibility index (Phi) is 2.33. The van der Waals surface area contributed by atoms with Crippen LogP contribution in [0.2, 0.25) is 0 Å². The first-order chi connectivity index (χ1) is 6.70. The maximum atomic E-state index is 11.3. The third-order valence-electron chi connectivity index (χ3n) is 2.14. The van der Waals surface area contributed by atoms with Gasteiger partial charge in [-0.15, -0.1) is 0 Å². The van der Waals surface area contributed by atoms with E-state index in [1.165, 1.54) is 0 Å². The van der Waals surface area contributed by atoms with Crippen molar-refractivity contribution in [3.63, 3.8) is 0 Å². The minimum atomic E-state index is 0.0775. The van der Waals surface area contributed by atoms with Gasteiger partial charge >= 0.3 is 0 Å². The van der Waals surface area contributed by atoms with Gasteiger partial charge in [-0.2, -0.15) is 0 Å². The van der Waals surface area contributed by atoms with E-state index in [0.717, 1.165) is 20.8 Å². The fourth-order valence-electron chi connectivity index (χ4n) is 1.46. The van der Waals surface area contributed by atoms with E-state index in [1.54, 1.807) is 19.3 Å². The number of fused-ring (bicyclic) bond motifs is 1. The van der Waals surface area contributed by atoms with Crippen LogP contribution >= 0.6 is 15.9 Å². The lowest BCUT2D eigenvalue weighted by Crippen LogP contribution is -1.93. The molecular weight excluding hydrogens is 242 g/mol. The summed E-state index contributed by atoms with van der Waals surface area (Å²) in [6, 6.07) is 5.56. The molecule has 0 saturated carbocycles. The summed E-state index contributed by atoms with van der Waals surface area (Å²) in [5.74, 6) is 0.0775. The number of carbonyl (C=O) groups excluding carboxylic acids is 1. The van der Waals surface area contributed by atoms with Crippen molar-refractivity contribution in [1.29, 1.82) is 0 Å². The highest BCUT2D eigenvalue weighted by molar-refractivity contribution is 9.10. The number of nitrogens with zero attached hydrogens (tertiary/aromatic N) is 1. The van der Waals surface area contributed by atoms with Crippen molar-refractivity contribution >= 4 is 32.5 Å². The Bertz CT molecular complexity index is 508. The molecule has 3 heteroatoms. The summed E-state index contributed by atoms with van der Waals surface area (Å²) < 4.78 is 0.964. The Morgan fingerprint density at radius 3 is 2.79 bits per heavy atom. The minimum Gasteiger partial charge on any atom is -0.294 e. The zero-order valence-corrected chi connectivity index (χ0v) is 9.21. The molecule has 2 aromatic rings. The number of Topliss-reactive ketones (excluding diaryl/α,β-unsaturated/α-hetero) is 1. The van der Waals surface area contributed by atoms with Crippen LogP contribution in [0.15, 0.2) is 35.1 Å². The number of benzene rings is 1. The Morgan fingerprint density at radius 2 is 2.07 bits per heavy atom. The second-order valence-electron chi connectivity index (χ2n) is 3.07.